The number of rotatable bonds is 4. The van der Waals surface area contributed by atoms with Crippen LogP contribution in [0, 0.1) is 0 Å². The molecule has 0 unspecified atom stereocenters. The van der Waals surface area contributed by atoms with Gasteiger partial charge >= 0.3 is 0 Å². The van der Waals surface area contributed by atoms with Crippen LogP contribution in [-0.4, -0.2) is 17.4 Å². The molecule has 1 amide bonds. The summed E-state index contributed by atoms with van der Waals surface area (Å²) in [5.41, 5.74) is 1.49. The molecule has 1 N–H and O–H groups in total. The normalized spacial score (nSPS) is 10.7. The Morgan fingerprint density at radius 1 is 1.19 bits per heavy atom. The van der Waals surface area contributed by atoms with Gasteiger partial charge in [-0.05, 0) is 30.7 Å². The van der Waals surface area contributed by atoms with E-state index in [0.29, 0.717) is 12.1 Å². The van der Waals surface area contributed by atoms with Crippen LogP contribution in [-0.2, 0) is 6.42 Å². The molecule has 3 nitrogen and oxygen atoms in total. The van der Waals surface area contributed by atoms with Gasteiger partial charge in [-0.1, -0.05) is 29.8 Å². The van der Waals surface area contributed by atoms with E-state index in [1.54, 1.807) is 23.6 Å². The van der Waals surface area contributed by atoms with Crippen molar-refractivity contribution in [2.45, 2.75) is 6.42 Å². The smallest absolute Gasteiger partial charge is 0.252 e. The molecule has 1 aromatic carbocycles. The van der Waals surface area contributed by atoms with Crippen LogP contribution < -0.4 is 5.32 Å². The molecule has 0 saturated heterocycles. The van der Waals surface area contributed by atoms with Gasteiger partial charge in [0, 0.05) is 23.0 Å². The summed E-state index contributed by atoms with van der Waals surface area (Å²) in [5, 5.41) is 3.82. The van der Waals surface area contributed by atoms with Gasteiger partial charge in [0.15, 0.2) is 0 Å². The molecular formula is C16H13ClN2OS. The second-order valence-electron chi connectivity index (χ2n) is 4.59. The van der Waals surface area contributed by atoms with Crippen LogP contribution in [0.15, 0.2) is 48.7 Å². The molecule has 0 saturated carbocycles. The number of pyridine rings is 1. The molecule has 0 aliphatic carbocycles. The summed E-state index contributed by atoms with van der Waals surface area (Å²) in [4.78, 5) is 17.7. The maximum Gasteiger partial charge on any atom is 0.252 e. The number of para-hydroxylation sites is 1. The standard InChI is InChI=1S/C16H13ClN2OS/c17-15-6-5-11(21-15)7-9-19-16(20)13-8-10-18-14-4-2-1-3-12(13)14/h1-6,8,10H,7,9H2,(H,19,20). The van der Waals surface area contributed by atoms with Crippen molar-refractivity contribution in [2.75, 3.05) is 6.54 Å². The number of carbonyl (C=O) groups excluding carboxylic acids is 1. The first-order chi connectivity index (χ1) is 10.2. The topological polar surface area (TPSA) is 42.0 Å². The molecule has 0 aliphatic heterocycles. The van der Waals surface area contributed by atoms with Crippen molar-refractivity contribution in [2.24, 2.45) is 0 Å². The lowest BCUT2D eigenvalue weighted by molar-refractivity contribution is 0.0956. The highest BCUT2D eigenvalue weighted by Gasteiger charge is 2.09. The second-order valence-corrected chi connectivity index (χ2v) is 6.39. The van der Waals surface area contributed by atoms with Crippen LogP contribution in [0.3, 0.4) is 0 Å². The highest BCUT2D eigenvalue weighted by molar-refractivity contribution is 7.16. The molecule has 0 fully saturated rings. The Hall–Kier alpha value is -1.91. The van der Waals surface area contributed by atoms with Crippen LogP contribution in [0.25, 0.3) is 10.9 Å². The number of amides is 1. The predicted octanol–water partition coefficient (Wildman–Crippen LogP) is 3.92. The SMILES string of the molecule is O=C(NCCc1ccc(Cl)s1)c1ccnc2ccccc12. The van der Waals surface area contributed by atoms with Gasteiger partial charge in [0.05, 0.1) is 15.4 Å². The minimum absolute atomic E-state index is 0.0729. The number of hydrogen-bond acceptors (Lipinski definition) is 3. The molecule has 2 aromatic heterocycles. The van der Waals surface area contributed by atoms with Crippen molar-refractivity contribution >= 4 is 39.7 Å². The first kappa shape index (κ1) is 14.0. The number of carbonyl (C=O) groups is 1. The third-order valence-electron chi connectivity index (χ3n) is 3.18. The lowest BCUT2D eigenvalue weighted by atomic mass is 10.1. The predicted molar refractivity (Wildman–Crippen MR) is 87.1 cm³/mol. The van der Waals surface area contributed by atoms with E-state index in [1.807, 2.05) is 36.4 Å². The van der Waals surface area contributed by atoms with Gasteiger partial charge in [-0.15, -0.1) is 11.3 Å². The van der Waals surface area contributed by atoms with Crippen molar-refractivity contribution in [1.82, 2.24) is 10.3 Å². The van der Waals surface area contributed by atoms with Crippen molar-refractivity contribution in [3.8, 4) is 0 Å². The van der Waals surface area contributed by atoms with Gasteiger partial charge in [0.1, 0.15) is 0 Å². The minimum Gasteiger partial charge on any atom is -0.352 e. The molecule has 0 spiro atoms. The Morgan fingerprint density at radius 2 is 2.05 bits per heavy atom. The fraction of sp³-hybridized carbons (Fsp3) is 0.125. The molecule has 0 atom stereocenters. The summed E-state index contributed by atoms with van der Waals surface area (Å²) in [6, 6.07) is 13.3. The first-order valence-corrected chi connectivity index (χ1v) is 7.79. The molecule has 3 rings (SSSR count). The van der Waals surface area contributed by atoms with Crippen molar-refractivity contribution in [3.63, 3.8) is 0 Å². The van der Waals surface area contributed by atoms with E-state index in [4.69, 9.17) is 11.6 Å². The zero-order valence-electron chi connectivity index (χ0n) is 11.2. The average Bonchev–Trinajstić information content (AvgIpc) is 2.92. The number of nitrogens with zero attached hydrogens (tertiary/aromatic N) is 1. The lowest BCUT2D eigenvalue weighted by Gasteiger charge is -2.07. The van der Waals surface area contributed by atoms with E-state index in [9.17, 15) is 4.79 Å². The fourth-order valence-corrected chi connectivity index (χ4v) is 3.26. The summed E-state index contributed by atoms with van der Waals surface area (Å²) in [7, 11) is 0. The molecule has 21 heavy (non-hydrogen) atoms. The van der Waals surface area contributed by atoms with E-state index in [2.05, 4.69) is 10.3 Å². The fourth-order valence-electron chi connectivity index (χ4n) is 2.17. The Labute approximate surface area is 131 Å². The zero-order valence-corrected chi connectivity index (χ0v) is 12.7. The number of halogens is 1. The molecular weight excluding hydrogens is 304 g/mol. The van der Waals surface area contributed by atoms with Crippen LogP contribution in [0.2, 0.25) is 4.34 Å². The van der Waals surface area contributed by atoms with Crippen molar-refractivity contribution in [1.29, 1.82) is 0 Å². The summed E-state index contributed by atoms with van der Waals surface area (Å²) in [6.45, 7) is 0.590. The Balaban J connectivity index is 1.69. The maximum absolute atomic E-state index is 12.3. The highest BCUT2D eigenvalue weighted by atomic mass is 35.5. The van der Waals surface area contributed by atoms with Gasteiger partial charge in [0.2, 0.25) is 0 Å². The number of benzene rings is 1. The van der Waals surface area contributed by atoms with Gasteiger partial charge in [-0.3, -0.25) is 9.78 Å². The highest BCUT2D eigenvalue weighted by Crippen LogP contribution is 2.21. The van der Waals surface area contributed by atoms with Crippen LogP contribution in [0.4, 0.5) is 0 Å². The van der Waals surface area contributed by atoms with Crippen LogP contribution in [0.5, 0.6) is 0 Å². The summed E-state index contributed by atoms with van der Waals surface area (Å²) >= 11 is 7.43. The third-order valence-corrected chi connectivity index (χ3v) is 4.47. The molecule has 2 heterocycles. The van der Waals surface area contributed by atoms with Gasteiger partial charge < -0.3 is 5.32 Å². The quantitative estimate of drug-likeness (QED) is 0.792. The van der Waals surface area contributed by atoms with E-state index >= 15 is 0 Å². The van der Waals surface area contributed by atoms with E-state index in [-0.39, 0.29) is 5.91 Å². The number of nitrogens with one attached hydrogen (secondary N) is 1. The van der Waals surface area contributed by atoms with Crippen LogP contribution >= 0.6 is 22.9 Å². The first-order valence-electron chi connectivity index (χ1n) is 6.60. The third kappa shape index (κ3) is 3.23. The van der Waals surface area contributed by atoms with Gasteiger partial charge in [0.25, 0.3) is 5.91 Å². The van der Waals surface area contributed by atoms with Crippen molar-refractivity contribution < 1.29 is 4.79 Å². The Bertz CT molecular complexity index is 779. The second kappa shape index (κ2) is 6.24. The number of thiophene rings is 1. The van der Waals surface area contributed by atoms with Crippen molar-refractivity contribution in [3.05, 3.63) is 63.4 Å². The lowest BCUT2D eigenvalue weighted by Crippen LogP contribution is -2.25. The molecule has 0 bridgehead atoms. The zero-order chi connectivity index (χ0) is 14.7. The summed E-state index contributed by atoms with van der Waals surface area (Å²) in [5.74, 6) is -0.0729. The average molecular weight is 317 g/mol. The molecule has 0 aliphatic rings. The Kier molecular flexibility index (Phi) is 4.18. The molecule has 3 aromatic rings. The maximum atomic E-state index is 12.3. The monoisotopic (exact) mass is 316 g/mol. The number of aromatic nitrogens is 1. The largest absolute Gasteiger partial charge is 0.352 e. The minimum atomic E-state index is -0.0729. The Morgan fingerprint density at radius 3 is 2.86 bits per heavy atom. The molecule has 5 heteroatoms. The molecule has 106 valence electrons. The number of fused-ring (bicyclic) bond motifs is 1. The number of hydrogen-bond donors (Lipinski definition) is 1. The molecule has 0 radical (unpaired) electrons. The summed E-state index contributed by atoms with van der Waals surface area (Å²) in [6.07, 6.45) is 2.45. The summed E-state index contributed by atoms with van der Waals surface area (Å²) < 4.78 is 0.774. The van der Waals surface area contributed by atoms with Gasteiger partial charge in [-0.2, -0.15) is 0 Å². The van der Waals surface area contributed by atoms with Crippen LogP contribution in [0.1, 0.15) is 15.2 Å². The van der Waals surface area contributed by atoms with E-state index in [0.717, 1.165) is 21.7 Å². The van der Waals surface area contributed by atoms with E-state index < -0.39 is 0 Å². The van der Waals surface area contributed by atoms with E-state index in [1.165, 1.54) is 4.88 Å². The van der Waals surface area contributed by atoms with Gasteiger partial charge in [-0.25, -0.2) is 0 Å².